The highest BCUT2D eigenvalue weighted by Gasteiger charge is 2.38. The van der Waals surface area contributed by atoms with Crippen molar-refractivity contribution in [2.75, 3.05) is 23.7 Å². The van der Waals surface area contributed by atoms with E-state index in [-0.39, 0.29) is 75.9 Å². The number of allylic oxidation sites excluding steroid dienone is 1. The molecule has 5 rings (SSSR count). The van der Waals surface area contributed by atoms with Crippen molar-refractivity contribution in [3.63, 3.8) is 0 Å². The van der Waals surface area contributed by atoms with Gasteiger partial charge in [-0.1, -0.05) is 68.2 Å². The molecule has 47 heavy (non-hydrogen) atoms. The number of rotatable bonds is 5. The molecule has 4 atom stereocenters. The molecule has 0 bridgehead atoms. The number of pyridine rings is 2. The minimum atomic E-state index is -1.23. The van der Waals surface area contributed by atoms with Gasteiger partial charge in [0, 0.05) is 48.4 Å². The van der Waals surface area contributed by atoms with E-state index in [2.05, 4.69) is 22.6 Å². The lowest BCUT2D eigenvalue weighted by Gasteiger charge is -2.45. The molecule has 0 spiro atoms. The molecule has 0 aliphatic carbocycles. The van der Waals surface area contributed by atoms with Crippen LogP contribution in [0.25, 0.3) is 22.3 Å². The molecule has 9 nitrogen and oxygen atoms in total. The summed E-state index contributed by atoms with van der Waals surface area (Å²) in [4.78, 5) is 40.0. The number of fused-ring (bicyclic) bond motifs is 1. The van der Waals surface area contributed by atoms with Crippen LogP contribution in [0.3, 0.4) is 0 Å². The molecular weight excluding hydrogens is 671 g/mol. The van der Waals surface area contributed by atoms with Gasteiger partial charge >= 0.3 is 0 Å². The summed E-state index contributed by atoms with van der Waals surface area (Å²) in [5.41, 5.74) is 4.21. The molecule has 1 aromatic carbocycles. The third kappa shape index (κ3) is 5.56. The van der Waals surface area contributed by atoms with Crippen molar-refractivity contribution in [2.45, 2.75) is 52.7 Å². The van der Waals surface area contributed by atoms with Gasteiger partial charge in [-0.05, 0) is 31.9 Å². The van der Waals surface area contributed by atoms with Crippen molar-refractivity contribution in [1.29, 1.82) is 5.26 Å². The first-order chi connectivity index (χ1) is 22.2. The van der Waals surface area contributed by atoms with E-state index in [0.717, 1.165) is 0 Å². The van der Waals surface area contributed by atoms with Crippen LogP contribution in [0.15, 0.2) is 40.8 Å². The Labute approximate surface area is 285 Å². The SMILES string of the molecule is C=CC(=O)N1[C@H](C)CN(c2c(C#N)c(=O)n(C3C(C(C)C)=NC=C[C@H]3C)c3nc(-c4c(F)c(N)c(Cl)c(Cl)c4F)c(Cl)cc23)C[C@@H]1C. The van der Waals surface area contributed by atoms with Gasteiger partial charge in [-0.15, -0.1) is 0 Å². The molecule has 2 N–H and O–H groups in total. The van der Waals surface area contributed by atoms with Crippen LogP contribution in [0.5, 0.6) is 0 Å². The van der Waals surface area contributed by atoms with E-state index < -0.39 is 44.5 Å². The Morgan fingerprint density at radius 2 is 1.79 bits per heavy atom. The molecule has 1 fully saturated rings. The zero-order valence-corrected chi connectivity index (χ0v) is 28.6. The van der Waals surface area contributed by atoms with Crippen molar-refractivity contribution in [2.24, 2.45) is 16.8 Å². The third-order valence-corrected chi connectivity index (χ3v) is 9.84. The molecule has 0 radical (unpaired) electrons. The van der Waals surface area contributed by atoms with E-state index >= 15 is 8.78 Å². The fourth-order valence-corrected chi connectivity index (χ4v) is 7.24. The largest absolute Gasteiger partial charge is 0.395 e. The first-order valence-electron chi connectivity index (χ1n) is 14.9. The van der Waals surface area contributed by atoms with Gasteiger partial charge in [-0.3, -0.25) is 19.1 Å². The number of hydrogen-bond acceptors (Lipinski definition) is 7. The maximum absolute atomic E-state index is 15.6. The fourth-order valence-electron chi connectivity index (χ4n) is 6.63. The monoisotopic (exact) mass is 701 g/mol. The molecule has 2 aromatic heterocycles. The van der Waals surface area contributed by atoms with E-state index in [1.807, 2.05) is 45.6 Å². The van der Waals surface area contributed by atoms with Crippen molar-refractivity contribution in [1.82, 2.24) is 14.5 Å². The molecule has 1 saturated heterocycles. The first-order valence-corrected chi connectivity index (χ1v) is 16.0. The Morgan fingerprint density at radius 3 is 2.36 bits per heavy atom. The summed E-state index contributed by atoms with van der Waals surface area (Å²) in [6.07, 6.45) is 4.73. The van der Waals surface area contributed by atoms with Crippen LogP contribution in [0.4, 0.5) is 20.2 Å². The van der Waals surface area contributed by atoms with Gasteiger partial charge in [0.05, 0.1) is 43.7 Å². The summed E-state index contributed by atoms with van der Waals surface area (Å²) in [5, 5.41) is 9.49. The van der Waals surface area contributed by atoms with Crippen LogP contribution in [-0.2, 0) is 4.79 Å². The van der Waals surface area contributed by atoms with Gasteiger partial charge in [0.25, 0.3) is 5.56 Å². The topological polar surface area (TPSA) is 121 Å². The predicted molar refractivity (Wildman–Crippen MR) is 183 cm³/mol. The summed E-state index contributed by atoms with van der Waals surface area (Å²) >= 11 is 18.8. The van der Waals surface area contributed by atoms with Crippen molar-refractivity contribution in [3.05, 3.63) is 73.6 Å². The highest BCUT2D eigenvalue weighted by atomic mass is 35.5. The first kappa shape index (κ1) is 34.4. The van der Waals surface area contributed by atoms with Crippen LogP contribution < -0.4 is 16.2 Å². The average Bonchev–Trinajstić information content (AvgIpc) is 3.02. The number of amides is 1. The highest BCUT2D eigenvalue weighted by molar-refractivity contribution is 6.44. The number of halogens is 5. The predicted octanol–water partition coefficient (Wildman–Crippen LogP) is 7.17. The average molecular weight is 703 g/mol. The fraction of sp³-hybridized carbons (Fsp3) is 0.364. The number of piperazine rings is 1. The Morgan fingerprint density at radius 1 is 1.15 bits per heavy atom. The van der Waals surface area contributed by atoms with E-state index in [0.29, 0.717) is 5.71 Å². The number of aliphatic imine (C=N–C) groups is 1. The number of hydrogen-bond donors (Lipinski definition) is 1. The van der Waals surface area contributed by atoms with Crippen LogP contribution in [0.2, 0.25) is 15.1 Å². The van der Waals surface area contributed by atoms with Crippen LogP contribution in [0.1, 0.15) is 46.2 Å². The third-order valence-electron chi connectivity index (χ3n) is 8.70. The van der Waals surface area contributed by atoms with Gasteiger partial charge in [0.15, 0.2) is 11.6 Å². The maximum atomic E-state index is 15.6. The van der Waals surface area contributed by atoms with Crippen LogP contribution in [-0.4, -0.2) is 51.2 Å². The van der Waals surface area contributed by atoms with Crippen LogP contribution in [0, 0.1) is 34.8 Å². The highest BCUT2D eigenvalue weighted by Crippen LogP contribution is 2.44. The molecular formula is C33H32Cl3F2N7O2. The molecule has 2 aliphatic heterocycles. The Kier molecular flexibility index (Phi) is 9.43. The summed E-state index contributed by atoms with van der Waals surface area (Å²) in [6, 6.07) is 2.16. The summed E-state index contributed by atoms with van der Waals surface area (Å²) in [6.45, 7) is 13.6. The Hall–Kier alpha value is -3.98. The molecule has 2 aliphatic rings. The number of anilines is 2. The number of nitrogens with two attached hydrogens (primary N) is 1. The quantitative estimate of drug-likeness (QED) is 0.130. The molecule has 0 saturated carbocycles. The number of nitrogen functional groups attached to an aromatic ring is 1. The minimum absolute atomic E-state index is 0.0113. The zero-order valence-electron chi connectivity index (χ0n) is 26.3. The Bertz CT molecular complexity index is 1960. The number of carbonyl (C=O) groups excluding carboxylic acids is 1. The van der Waals surface area contributed by atoms with Gasteiger partial charge in [-0.2, -0.15) is 5.26 Å². The standard InChI is InChI=1S/C33H32Cl3F2N7O2/c1-7-21(46)44-16(5)12-43(13-17(44)6)31-18-10-20(34)29(22-25(37)23(35)24(36)27(40)26(22)38)42-32(18)45(33(47)19(31)11-39)30-15(4)8-9-41-28(30)14(2)3/h7-10,14-17,30H,1,12-13,40H2,2-6H3/t15-,16-,17+,30?/m1/s1. The molecule has 246 valence electrons. The lowest BCUT2D eigenvalue weighted by molar-refractivity contribution is -0.130. The summed E-state index contributed by atoms with van der Waals surface area (Å²) in [5.74, 6) is -3.11. The van der Waals surface area contributed by atoms with Gasteiger partial charge in [-0.25, -0.2) is 13.8 Å². The van der Waals surface area contributed by atoms with Crippen LogP contribution >= 0.6 is 34.8 Å². The maximum Gasteiger partial charge on any atom is 0.272 e. The normalized spacial score (nSPS) is 21.3. The summed E-state index contributed by atoms with van der Waals surface area (Å²) in [7, 11) is 0. The second-order valence-corrected chi connectivity index (χ2v) is 13.3. The second-order valence-electron chi connectivity index (χ2n) is 12.2. The zero-order chi connectivity index (χ0) is 34.6. The molecule has 1 unspecified atom stereocenters. The van der Waals surface area contributed by atoms with Gasteiger partial charge < -0.3 is 15.5 Å². The van der Waals surface area contributed by atoms with Gasteiger partial charge in [0.1, 0.15) is 17.3 Å². The molecule has 1 amide bonds. The van der Waals surface area contributed by atoms with E-state index in [1.54, 1.807) is 11.1 Å². The number of aromatic nitrogens is 2. The van der Waals surface area contributed by atoms with Crippen molar-refractivity contribution in [3.8, 4) is 17.3 Å². The summed E-state index contributed by atoms with van der Waals surface area (Å²) < 4.78 is 32.6. The second kappa shape index (κ2) is 12.9. The number of benzene rings is 1. The van der Waals surface area contributed by atoms with E-state index in [9.17, 15) is 14.9 Å². The number of carbonyl (C=O) groups is 1. The lowest BCUT2D eigenvalue weighted by atomic mass is 9.88. The smallest absolute Gasteiger partial charge is 0.272 e. The number of nitrogens with zero attached hydrogens (tertiary/aromatic N) is 6. The number of nitriles is 1. The Balaban J connectivity index is 1.91. The van der Waals surface area contributed by atoms with E-state index in [1.165, 1.54) is 16.7 Å². The van der Waals surface area contributed by atoms with Gasteiger partial charge in [0.2, 0.25) is 5.91 Å². The minimum Gasteiger partial charge on any atom is -0.395 e. The van der Waals surface area contributed by atoms with Crippen molar-refractivity contribution < 1.29 is 13.6 Å². The molecule has 4 heterocycles. The van der Waals surface area contributed by atoms with E-state index in [4.69, 9.17) is 40.5 Å². The lowest BCUT2D eigenvalue weighted by Crippen LogP contribution is -2.58. The molecule has 3 aromatic rings. The van der Waals surface area contributed by atoms with Crippen molar-refractivity contribution >= 4 is 68.8 Å². The molecule has 14 heteroatoms.